The molecule has 0 aliphatic carbocycles. The number of unbranched alkanes of at least 4 members (excludes halogenated alkanes) is 2. The first-order chi connectivity index (χ1) is 9.72. The summed E-state index contributed by atoms with van der Waals surface area (Å²) in [6.07, 6.45) is 7.36. The van der Waals surface area contributed by atoms with E-state index in [1.165, 1.54) is 25.8 Å². The van der Waals surface area contributed by atoms with Crippen molar-refractivity contribution in [1.82, 2.24) is 14.7 Å². The van der Waals surface area contributed by atoms with Crippen molar-refractivity contribution >= 4 is 6.03 Å². The summed E-state index contributed by atoms with van der Waals surface area (Å²) in [6.45, 7) is 15.6. The lowest BCUT2D eigenvalue weighted by Crippen LogP contribution is -2.53. The van der Waals surface area contributed by atoms with E-state index in [0.29, 0.717) is 13.1 Å². The minimum atomic E-state index is 0.109. The molecule has 0 N–H and O–H groups in total. The van der Waals surface area contributed by atoms with Crippen LogP contribution in [-0.2, 0) is 0 Å². The SMILES string of the molecule is C=CCN(CC=C)C(=O)N1CCN(CCCCC)CC1. The monoisotopic (exact) mass is 279 g/mol. The van der Waals surface area contributed by atoms with Crippen LogP contribution in [0.15, 0.2) is 25.3 Å². The van der Waals surface area contributed by atoms with Gasteiger partial charge in [0.25, 0.3) is 0 Å². The third-order valence-corrected chi connectivity index (χ3v) is 3.69. The number of urea groups is 1. The van der Waals surface area contributed by atoms with E-state index in [0.717, 1.165) is 26.2 Å². The summed E-state index contributed by atoms with van der Waals surface area (Å²) in [6, 6.07) is 0.109. The highest BCUT2D eigenvalue weighted by molar-refractivity contribution is 5.75. The van der Waals surface area contributed by atoms with Crippen LogP contribution >= 0.6 is 0 Å². The molecule has 0 aromatic carbocycles. The molecular formula is C16H29N3O. The summed E-state index contributed by atoms with van der Waals surface area (Å²) < 4.78 is 0. The molecule has 1 rings (SSSR count). The molecule has 0 aromatic rings. The molecule has 0 unspecified atom stereocenters. The minimum absolute atomic E-state index is 0.109. The van der Waals surface area contributed by atoms with Gasteiger partial charge in [0, 0.05) is 39.3 Å². The van der Waals surface area contributed by atoms with Gasteiger partial charge in [0.15, 0.2) is 0 Å². The van der Waals surface area contributed by atoms with Gasteiger partial charge in [-0.25, -0.2) is 4.79 Å². The molecule has 20 heavy (non-hydrogen) atoms. The lowest BCUT2D eigenvalue weighted by Gasteiger charge is -2.37. The van der Waals surface area contributed by atoms with Gasteiger partial charge in [0.05, 0.1) is 0 Å². The lowest BCUT2D eigenvalue weighted by molar-refractivity contribution is 0.117. The zero-order valence-corrected chi connectivity index (χ0v) is 12.9. The fraction of sp³-hybridized carbons (Fsp3) is 0.688. The molecule has 0 radical (unpaired) electrons. The van der Waals surface area contributed by atoms with Gasteiger partial charge >= 0.3 is 6.03 Å². The number of hydrogen-bond donors (Lipinski definition) is 0. The van der Waals surface area contributed by atoms with E-state index in [9.17, 15) is 4.79 Å². The molecular weight excluding hydrogens is 250 g/mol. The van der Waals surface area contributed by atoms with Crippen LogP contribution < -0.4 is 0 Å². The molecule has 1 saturated heterocycles. The summed E-state index contributed by atoms with van der Waals surface area (Å²) in [5, 5.41) is 0. The Bertz CT molecular complexity index is 299. The number of carbonyl (C=O) groups is 1. The predicted octanol–water partition coefficient (Wildman–Crippen LogP) is 2.59. The number of rotatable bonds is 8. The van der Waals surface area contributed by atoms with E-state index in [1.807, 2.05) is 4.90 Å². The van der Waals surface area contributed by atoms with Crippen LogP contribution in [0.5, 0.6) is 0 Å². The molecule has 1 aliphatic rings. The number of amides is 2. The smallest absolute Gasteiger partial charge is 0.320 e. The average molecular weight is 279 g/mol. The molecule has 1 fully saturated rings. The fourth-order valence-corrected chi connectivity index (χ4v) is 2.49. The van der Waals surface area contributed by atoms with E-state index >= 15 is 0 Å². The van der Waals surface area contributed by atoms with E-state index in [-0.39, 0.29) is 6.03 Å². The van der Waals surface area contributed by atoms with Crippen molar-refractivity contribution in [3.63, 3.8) is 0 Å². The Hall–Kier alpha value is -1.29. The zero-order valence-electron chi connectivity index (χ0n) is 12.9. The Balaban J connectivity index is 2.37. The van der Waals surface area contributed by atoms with Crippen LogP contribution in [0.4, 0.5) is 4.79 Å². The molecule has 0 aromatic heterocycles. The highest BCUT2D eigenvalue weighted by Gasteiger charge is 2.23. The maximum atomic E-state index is 12.4. The van der Waals surface area contributed by atoms with Gasteiger partial charge in [-0.3, -0.25) is 4.90 Å². The highest BCUT2D eigenvalue weighted by atomic mass is 16.2. The van der Waals surface area contributed by atoms with Crippen molar-refractivity contribution in [3.8, 4) is 0 Å². The van der Waals surface area contributed by atoms with Crippen molar-refractivity contribution < 1.29 is 4.79 Å². The average Bonchev–Trinajstić information content (AvgIpc) is 2.47. The zero-order chi connectivity index (χ0) is 14.8. The van der Waals surface area contributed by atoms with E-state index in [1.54, 1.807) is 17.1 Å². The molecule has 1 heterocycles. The first-order valence-electron chi connectivity index (χ1n) is 7.71. The summed E-state index contributed by atoms with van der Waals surface area (Å²) in [5.41, 5.74) is 0. The molecule has 0 atom stereocenters. The molecule has 2 amide bonds. The van der Waals surface area contributed by atoms with Gasteiger partial charge in [0.2, 0.25) is 0 Å². The molecule has 4 nitrogen and oxygen atoms in total. The van der Waals surface area contributed by atoms with Crippen molar-refractivity contribution in [2.45, 2.75) is 26.2 Å². The number of nitrogens with zero attached hydrogens (tertiary/aromatic N) is 3. The second-order valence-corrected chi connectivity index (χ2v) is 5.30. The third-order valence-electron chi connectivity index (χ3n) is 3.69. The maximum absolute atomic E-state index is 12.4. The Morgan fingerprint density at radius 1 is 1.10 bits per heavy atom. The number of carbonyl (C=O) groups excluding carboxylic acids is 1. The fourth-order valence-electron chi connectivity index (χ4n) is 2.49. The Morgan fingerprint density at radius 2 is 1.70 bits per heavy atom. The number of piperazine rings is 1. The quantitative estimate of drug-likeness (QED) is 0.504. The summed E-state index contributed by atoms with van der Waals surface area (Å²) >= 11 is 0. The topological polar surface area (TPSA) is 26.8 Å². The normalized spacial score (nSPS) is 15.9. The molecule has 0 bridgehead atoms. The Labute approximate surface area is 123 Å². The lowest BCUT2D eigenvalue weighted by atomic mass is 10.2. The largest absolute Gasteiger partial charge is 0.322 e. The van der Waals surface area contributed by atoms with Gasteiger partial charge < -0.3 is 9.80 Å². The summed E-state index contributed by atoms with van der Waals surface area (Å²) in [7, 11) is 0. The van der Waals surface area contributed by atoms with Crippen LogP contribution in [0.25, 0.3) is 0 Å². The summed E-state index contributed by atoms with van der Waals surface area (Å²) in [4.78, 5) is 18.6. The van der Waals surface area contributed by atoms with E-state index < -0.39 is 0 Å². The molecule has 4 heteroatoms. The van der Waals surface area contributed by atoms with Gasteiger partial charge in [-0.2, -0.15) is 0 Å². The first-order valence-corrected chi connectivity index (χ1v) is 7.71. The van der Waals surface area contributed by atoms with Crippen molar-refractivity contribution in [1.29, 1.82) is 0 Å². The molecule has 0 saturated carbocycles. The molecule has 1 aliphatic heterocycles. The van der Waals surface area contributed by atoms with Gasteiger partial charge in [-0.1, -0.05) is 31.9 Å². The van der Waals surface area contributed by atoms with E-state index in [2.05, 4.69) is 25.0 Å². The van der Waals surface area contributed by atoms with Crippen molar-refractivity contribution in [3.05, 3.63) is 25.3 Å². The first kappa shape index (κ1) is 16.8. The standard InChI is InChI=1S/C16H29N3O/c1-4-7-8-11-17-12-14-19(15-13-17)16(20)18(9-5-2)10-6-3/h5-6H,2-4,7-15H2,1H3. The van der Waals surface area contributed by atoms with Crippen LogP contribution in [0.2, 0.25) is 0 Å². The van der Waals surface area contributed by atoms with Gasteiger partial charge in [-0.05, 0) is 13.0 Å². The third kappa shape index (κ3) is 5.37. The Kier molecular flexibility index (Phi) is 8.04. The summed E-state index contributed by atoms with van der Waals surface area (Å²) in [5.74, 6) is 0. The van der Waals surface area contributed by atoms with E-state index in [4.69, 9.17) is 0 Å². The van der Waals surface area contributed by atoms with Gasteiger partial charge in [0.1, 0.15) is 0 Å². The Morgan fingerprint density at radius 3 is 2.20 bits per heavy atom. The second kappa shape index (κ2) is 9.59. The van der Waals surface area contributed by atoms with Crippen LogP contribution in [0, 0.1) is 0 Å². The van der Waals surface area contributed by atoms with Crippen LogP contribution in [0.3, 0.4) is 0 Å². The number of hydrogen-bond acceptors (Lipinski definition) is 2. The molecule has 0 spiro atoms. The molecule has 114 valence electrons. The van der Waals surface area contributed by atoms with Gasteiger partial charge in [-0.15, -0.1) is 13.2 Å². The van der Waals surface area contributed by atoms with Crippen molar-refractivity contribution in [2.75, 3.05) is 45.8 Å². The van der Waals surface area contributed by atoms with Crippen LogP contribution in [0.1, 0.15) is 26.2 Å². The predicted molar refractivity (Wildman–Crippen MR) is 84.9 cm³/mol. The highest BCUT2D eigenvalue weighted by Crippen LogP contribution is 2.08. The maximum Gasteiger partial charge on any atom is 0.320 e. The van der Waals surface area contributed by atoms with Crippen molar-refractivity contribution in [2.24, 2.45) is 0 Å². The minimum Gasteiger partial charge on any atom is -0.322 e. The second-order valence-electron chi connectivity index (χ2n) is 5.30. The van der Waals surface area contributed by atoms with Crippen LogP contribution in [-0.4, -0.2) is 66.5 Å².